The average molecular weight is 1350 g/mol. The zero-order valence-electron chi connectivity index (χ0n) is 48.9. The number of benzene rings is 2. The number of rotatable bonds is 26. The van der Waals surface area contributed by atoms with E-state index in [9.17, 15) is 63.7 Å². The molecule has 0 aliphatic heterocycles. The zero-order chi connectivity index (χ0) is 68.2. The van der Waals surface area contributed by atoms with Crippen LogP contribution in [0.25, 0.3) is 22.3 Å². The number of nitro groups is 2. The lowest BCUT2D eigenvalue weighted by atomic mass is 10.1. The minimum atomic E-state index is -1.16. The number of anilines is 7. The van der Waals surface area contributed by atoms with E-state index in [0.717, 1.165) is 11.3 Å². The summed E-state index contributed by atoms with van der Waals surface area (Å²) in [4.78, 5) is 150. The second-order valence-corrected chi connectivity index (χ2v) is 22.5. The van der Waals surface area contributed by atoms with Crippen LogP contribution in [0.5, 0.6) is 0 Å². The summed E-state index contributed by atoms with van der Waals surface area (Å²) in [6.07, 6.45) is 4.51. The Balaban J connectivity index is 0.000000230. The minimum Gasteiger partial charge on any atom is -0.480 e. The third-order valence-electron chi connectivity index (χ3n) is 12.7. The Bertz CT molecular complexity index is 4260. The van der Waals surface area contributed by atoms with Crippen LogP contribution >= 0.6 is 34.0 Å². The largest absolute Gasteiger partial charge is 0.480 e. The molecule has 7 aromatic heterocycles. The molecule has 9 aromatic rings. The highest BCUT2D eigenvalue weighted by molar-refractivity contribution is 7.18. The summed E-state index contributed by atoms with van der Waals surface area (Å²) >= 11 is 2.57. The fourth-order valence-electron chi connectivity index (χ4n) is 8.11. The summed E-state index contributed by atoms with van der Waals surface area (Å²) in [6.45, 7) is 0.757. The molecule has 17 N–H and O–H groups in total. The first-order valence-corrected chi connectivity index (χ1v) is 29.7. The Labute approximate surface area is 540 Å². The predicted octanol–water partition coefficient (Wildman–Crippen LogP) is 3.79. The van der Waals surface area contributed by atoms with Gasteiger partial charge in [0.05, 0.1) is 68.6 Å². The molecule has 7 heterocycles. The average Bonchev–Trinajstić information content (AvgIpc) is 1.29. The molecule has 5 amide bonds. The van der Waals surface area contributed by atoms with E-state index in [1.54, 1.807) is 54.7 Å². The van der Waals surface area contributed by atoms with Crippen molar-refractivity contribution in [3.8, 4) is 0 Å². The summed E-state index contributed by atoms with van der Waals surface area (Å²) in [5.41, 5.74) is 32.3. The van der Waals surface area contributed by atoms with Gasteiger partial charge in [0.15, 0.2) is 34.0 Å². The fraction of sp³-hybridized carbons (Fsp3) is 0.200. The van der Waals surface area contributed by atoms with Crippen LogP contribution < -0.4 is 60.2 Å². The van der Waals surface area contributed by atoms with E-state index in [0.29, 0.717) is 86.5 Å². The number of carbonyl (C=O) groups is 8. The molecule has 0 saturated carbocycles. The third kappa shape index (κ3) is 19.4. The Morgan fingerprint density at radius 3 is 1.56 bits per heavy atom. The maximum Gasteiger partial charge on any atom is 0.346 e. The first-order chi connectivity index (χ1) is 44.9. The predicted molar refractivity (Wildman–Crippen MR) is 343 cm³/mol. The number of amides is 5. The molecule has 36 nitrogen and oxygen atoms in total. The molecule has 2 aromatic carbocycles. The number of nitrogens with two attached hydrogens (primary N) is 5. The van der Waals surface area contributed by atoms with Crippen molar-refractivity contribution in [2.24, 2.45) is 0 Å². The topological polar surface area (TPSA) is 569 Å². The van der Waals surface area contributed by atoms with Crippen LogP contribution in [0.4, 0.5) is 49.9 Å². The monoisotopic (exact) mass is 1350 g/mol. The molecule has 0 unspecified atom stereocenters. The SMILES string of the molecule is COC(=O)[C@H](CCCNC(=O)c1ccc([N+](=O)[O-])s1)NC(=O)c1ccc(N(C=O)Cc2cnc3nc(N)nc(N)c3n2)cc1.Nc1nc(N)c2nc(CNc3ccc(C(=O)N[C@@H](CCCNC(=O)c4ccc(N)s4)C(=O)O)cc3)cnc2n1.O=C(O)c1ccc([N+](=O)[O-])s1. The van der Waals surface area contributed by atoms with Crippen LogP contribution in [0.15, 0.2) is 97.3 Å². The van der Waals surface area contributed by atoms with Crippen molar-refractivity contribution in [2.75, 3.05) is 59.1 Å². The molecule has 9 rings (SSSR count). The van der Waals surface area contributed by atoms with Gasteiger partial charge >= 0.3 is 27.9 Å². The number of aromatic nitrogens is 8. The van der Waals surface area contributed by atoms with Gasteiger partial charge in [-0.05, 0) is 98.5 Å². The van der Waals surface area contributed by atoms with E-state index in [1.807, 2.05) is 0 Å². The Morgan fingerprint density at radius 2 is 1.09 bits per heavy atom. The quantitative estimate of drug-likeness (QED) is 0.0121. The van der Waals surface area contributed by atoms with Crippen LogP contribution in [-0.2, 0) is 32.2 Å². The molecular weight excluding hydrogens is 1290 g/mol. The summed E-state index contributed by atoms with van der Waals surface area (Å²) < 4.78 is 4.80. The molecule has 0 bridgehead atoms. The maximum absolute atomic E-state index is 12.9. The minimum absolute atomic E-state index is 0.0169. The Hall–Kier alpha value is -12.3. The number of aliphatic carboxylic acids is 1. The molecule has 488 valence electrons. The van der Waals surface area contributed by atoms with Crippen molar-refractivity contribution >= 4 is 154 Å². The van der Waals surface area contributed by atoms with Gasteiger partial charge in [0.25, 0.3) is 23.6 Å². The molecule has 0 radical (unpaired) electrons. The Morgan fingerprint density at radius 1 is 0.606 bits per heavy atom. The van der Waals surface area contributed by atoms with Crippen LogP contribution in [-0.4, -0.2) is 140 Å². The van der Waals surface area contributed by atoms with Gasteiger partial charge in [-0.25, -0.2) is 34.3 Å². The number of nitrogens with one attached hydrogen (secondary N) is 5. The lowest BCUT2D eigenvalue weighted by molar-refractivity contribution is -0.380. The van der Waals surface area contributed by atoms with Crippen molar-refractivity contribution in [3.63, 3.8) is 0 Å². The number of ether oxygens (including phenoxy) is 1. The number of fused-ring (bicyclic) bond motifs is 2. The third-order valence-corrected chi connectivity index (χ3v) is 15.7. The van der Waals surface area contributed by atoms with Gasteiger partial charge in [-0.2, -0.15) is 19.9 Å². The smallest absolute Gasteiger partial charge is 0.346 e. The van der Waals surface area contributed by atoms with E-state index in [4.69, 9.17) is 38.5 Å². The molecule has 39 heteroatoms. The molecule has 0 aliphatic carbocycles. The summed E-state index contributed by atoms with van der Waals surface area (Å²) in [5, 5.41) is 52.6. The lowest BCUT2D eigenvalue weighted by Crippen LogP contribution is -2.42. The Kier molecular flexibility index (Phi) is 23.9. The molecule has 0 fully saturated rings. The highest BCUT2D eigenvalue weighted by Crippen LogP contribution is 2.26. The van der Waals surface area contributed by atoms with E-state index >= 15 is 0 Å². The number of hydrogen-bond acceptors (Lipinski definition) is 30. The van der Waals surface area contributed by atoms with Gasteiger partial charge in [-0.1, -0.05) is 22.7 Å². The number of carboxylic acid groups (broad SMARTS) is 2. The van der Waals surface area contributed by atoms with Gasteiger partial charge in [0.1, 0.15) is 17.0 Å². The summed E-state index contributed by atoms with van der Waals surface area (Å²) in [6, 6.07) is 18.7. The molecular formula is C55H55N21O15S3. The molecule has 0 saturated heterocycles. The normalized spacial score (nSPS) is 11.2. The van der Waals surface area contributed by atoms with Crippen LogP contribution in [0.2, 0.25) is 0 Å². The van der Waals surface area contributed by atoms with Crippen molar-refractivity contribution in [1.29, 1.82) is 0 Å². The first kappa shape index (κ1) is 69.2. The van der Waals surface area contributed by atoms with Crippen LogP contribution in [0.1, 0.15) is 86.8 Å². The zero-order valence-corrected chi connectivity index (χ0v) is 51.3. The summed E-state index contributed by atoms with van der Waals surface area (Å²) in [5.74, 6) is -4.66. The number of carboxylic acids is 2. The number of methoxy groups -OCH3 is 1. The first-order valence-electron chi connectivity index (χ1n) is 27.2. The van der Waals surface area contributed by atoms with Crippen molar-refractivity contribution < 1.29 is 63.2 Å². The number of aromatic carboxylic acids is 1. The lowest BCUT2D eigenvalue weighted by Gasteiger charge is -2.19. The van der Waals surface area contributed by atoms with Crippen molar-refractivity contribution in [2.45, 2.75) is 50.9 Å². The van der Waals surface area contributed by atoms with Crippen molar-refractivity contribution in [1.82, 2.24) is 61.1 Å². The fourth-order valence-corrected chi connectivity index (χ4v) is 10.2. The second kappa shape index (κ2) is 32.5. The molecule has 0 spiro atoms. The second-order valence-electron chi connectivity index (χ2n) is 19.2. The number of thiophene rings is 3. The van der Waals surface area contributed by atoms with E-state index in [-0.39, 0.29) is 98.4 Å². The number of esters is 1. The highest BCUT2D eigenvalue weighted by atomic mass is 32.1. The number of carbonyl (C=O) groups excluding carboxylic acids is 6. The van der Waals surface area contributed by atoms with E-state index in [2.05, 4.69) is 66.5 Å². The van der Waals surface area contributed by atoms with E-state index in [1.165, 1.54) is 65.9 Å². The summed E-state index contributed by atoms with van der Waals surface area (Å²) in [7, 11) is 1.19. The number of nitrogens with zero attached hydrogens (tertiary/aromatic N) is 11. The van der Waals surface area contributed by atoms with Gasteiger partial charge in [0.2, 0.25) is 18.3 Å². The van der Waals surface area contributed by atoms with E-state index < -0.39 is 57.6 Å². The van der Waals surface area contributed by atoms with Crippen LogP contribution in [0, 0.1) is 20.2 Å². The standard InChI is InChI=1S/C26H26N10O7S.C24H26N10O4S.C5H3NO4S/c1-43-25(40)17(3-2-10-29-24(39)18-8-9-19(44-18)36(41)42)32-23(38)14-4-6-16(7-5-14)35(13-37)12-15-11-30-22-20(31-15)21(27)33-26(28)34-22;25-17-8-7-16(39-17)22(36)28-9-1-2-15(23(37)38)32-21(35)12-3-5-13(6-4-12)29-10-14-11-30-20-18(31-14)19(26)33-24(27)34-20;7-5(8)3-1-2-4(11-3)6(9)10/h4-9,11,13,17H,2-3,10,12H2,1H3,(H,29,39)(H,32,38)(H4,27,28,30,33,34);3-8,11,15,29H,1-2,9-10,25H2,(H,28,36)(H,32,35)(H,37,38)(H4,26,27,30,33,34);1-2H,(H,7,8)/t17-;15-;/m00./s1. The molecule has 94 heavy (non-hydrogen) atoms. The van der Waals surface area contributed by atoms with Crippen molar-refractivity contribution in [3.05, 3.63) is 155 Å². The van der Waals surface area contributed by atoms with Gasteiger partial charge in [-0.3, -0.25) is 44.2 Å². The highest BCUT2D eigenvalue weighted by Gasteiger charge is 2.25. The van der Waals surface area contributed by atoms with Gasteiger partial charge in [-0.15, -0.1) is 11.3 Å². The molecule has 2 atom stereocenters. The number of hydrogen-bond donors (Lipinski definition) is 12. The van der Waals surface area contributed by atoms with Gasteiger partial charge in [0, 0.05) is 47.7 Å². The maximum atomic E-state index is 12.9. The van der Waals surface area contributed by atoms with Crippen LogP contribution in [0.3, 0.4) is 0 Å². The number of nitrogen functional groups attached to an aromatic ring is 5. The molecule has 0 aliphatic rings. The van der Waals surface area contributed by atoms with Gasteiger partial charge < -0.3 is 75.1 Å².